The van der Waals surface area contributed by atoms with Crippen LogP contribution >= 0.6 is 29.3 Å². The van der Waals surface area contributed by atoms with E-state index >= 15 is 0 Å². The van der Waals surface area contributed by atoms with Gasteiger partial charge in [0, 0.05) is 11.9 Å². The molecule has 0 aromatic heterocycles. The zero-order chi connectivity index (χ0) is 12.8. The van der Waals surface area contributed by atoms with Crippen molar-refractivity contribution >= 4 is 41.1 Å². The summed E-state index contributed by atoms with van der Waals surface area (Å²) in [5.41, 5.74) is -1.97. The smallest absolute Gasteiger partial charge is 0.117 e. The molecule has 1 nitrogen and oxygen atoms in total. The van der Waals surface area contributed by atoms with Crippen molar-refractivity contribution in [3.63, 3.8) is 0 Å². The van der Waals surface area contributed by atoms with Crippen LogP contribution in [-0.4, -0.2) is 16.8 Å². The van der Waals surface area contributed by atoms with Crippen LogP contribution in [-0.2, 0) is 11.8 Å². The van der Waals surface area contributed by atoms with Crippen LogP contribution in [0.2, 0.25) is 0 Å². The number of rotatable bonds is 8. The van der Waals surface area contributed by atoms with Gasteiger partial charge in [0.25, 0.3) is 0 Å². The van der Waals surface area contributed by atoms with Crippen LogP contribution in [0.5, 0.6) is 0 Å². The van der Waals surface area contributed by atoms with Gasteiger partial charge in [-0.05, 0) is 11.3 Å². The molecule has 1 N–H and O–H groups in total. The van der Waals surface area contributed by atoms with E-state index in [1.807, 2.05) is 0 Å². The molecule has 0 heterocycles. The van der Waals surface area contributed by atoms with Gasteiger partial charge in [-0.1, -0.05) is 77.1 Å². The average Bonchev–Trinajstić information content (AvgIpc) is 2.14. The molecule has 0 rings (SSSR count). The molecular formula is C12H28ClOPS2. The minimum atomic E-state index is -2.16. The summed E-state index contributed by atoms with van der Waals surface area (Å²) in [5, 5.41) is 0. The van der Waals surface area contributed by atoms with E-state index in [1.165, 1.54) is 12.8 Å². The highest BCUT2D eigenvalue weighted by Gasteiger charge is 2.25. The van der Waals surface area contributed by atoms with Crippen LogP contribution in [0.15, 0.2) is 0 Å². The van der Waals surface area contributed by atoms with Gasteiger partial charge in [0.1, 0.15) is 5.47 Å². The van der Waals surface area contributed by atoms with E-state index < -0.39 is 5.47 Å². The Morgan fingerprint density at radius 1 is 1.35 bits per heavy atom. The topological polar surface area (TPSA) is 20.2 Å². The number of hydrogen-bond donors (Lipinski definition) is 1. The van der Waals surface area contributed by atoms with Crippen LogP contribution in [0.1, 0.15) is 53.9 Å². The van der Waals surface area contributed by atoms with Crippen molar-refractivity contribution in [1.29, 1.82) is 0 Å². The maximum atomic E-state index is 10.3. The molecule has 0 spiro atoms. The third kappa shape index (κ3) is 10.8. The molecule has 2 unspecified atom stereocenters. The monoisotopic (exact) mass is 318 g/mol. The first-order valence-electron chi connectivity index (χ1n) is 6.19. The van der Waals surface area contributed by atoms with E-state index in [9.17, 15) is 4.89 Å². The quantitative estimate of drug-likeness (QED) is 0.612. The highest BCUT2D eigenvalue weighted by Crippen LogP contribution is 2.59. The SMILES string of the molecule is CCCC(C)CSP(O)(=S)CC(C)(C)CC.Cl. The molecule has 0 saturated carbocycles. The van der Waals surface area contributed by atoms with E-state index in [0.717, 1.165) is 18.3 Å². The molecule has 0 aromatic rings. The Morgan fingerprint density at radius 2 is 1.88 bits per heavy atom. The second kappa shape index (κ2) is 9.20. The van der Waals surface area contributed by atoms with Crippen LogP contribution < -0.4 is 0 Å². The summed E-state index contributed by atoms with van der Waals surface area (Å²) >= 11 is 7.04. The van der Waals surface area contributed by atoms with Crippen molar-refractivity contribution in [2.24, 2.45) is 11.3 Å². The summed E-state index contributed by atoms with van der Waals surface area (Å²) in [6, 6.07) is 0. The Bertz CT molecular complexity index is 247. The first kappa shape index (κ1) is 20.6. The van der Waals surface area contributed by atoms with Gasteiger partial charge in [-0.15, -0.1) is 12.4 Å². The molecule has 0 bridgehead atoms. The molecule has 0 aliphatic carbocycles. The van der Waals surface area contributed by atoms with Gasteiger partial charge < -0.3 is 4.89 Å². The Hall–Kier alpha value is 1.25. The molecule has 0 amide bonds. The van der Waals surface area contributed by atoms with Crippen LogP contribution in [0, 0.1) is 11.3 Å². The number of halogens is 1. The Balaban J connectivity index is 0. The molecule has 2 atom stereocenters. The van der Waals surface area contributed by atoms with Gasteiger partial charge in [0.15, 0.2) is 0 Å². The lowest BCUT2D eigenvalue weighted by atomic mass is 9.93. The van der Waals surface area contributed by atoms with Crippen molar-refractivity contribution in [1.82, 2.24) is 0 Å². The lowest BCUT2D eigenvalue weighted by molar-refractivity contribution is 0.397. The van der Waals surface area contributed by atoms with Crippen LogP contribution in [0.3, 0.4) is 0 Å². The Labute approximate surface area is 123 Å². The van der Waals surface area contributed by atoms with Gasteiger partial charge in [0.2, 0.25) is 0 Å². The summed E-state index contributed by atoms with van der Waals surface area (Å²) in [4.78, 5) is 10.3. The third-order valence-electron chi connectivity index (χ3n) is 2.93. The largest absolute Gasteiger partial charge is 0.357 e. The maximum absolute atomic E-state index is 10.3. The highest BCUT2D eigenvalue weighted by atomic mass is 35.5. The van der Waals surface area contributed by atoms with Crippen molar-refractivity contribution in [3.8, 4) is 0 Å². The van der Waals surface area contributed by atoms with Gasteiger partial charge in [-0.25, -0.2) is 0 Å². The summed E-state index contributed by atoms with van der Waals surface area (Å²) in [7, 11) is 0. The molecular weight excluding hydrogens is 291 g/mol. The molecule has 0 radical (unpaired) electrons. The average molecular weight is 319 g/mol. The molecule has 0 fully saturated rings. The first-order valence-corrected chi connectivity index (χ1v) is 10.7. The van der Waals surface area contributed by atoms with E-state index in [1.54, 1.807) is 11.4 Å². The maximum Gasteiger partial charge on any atom is 0.117 e. The van der Waals surface area contributed by atoms with Crippen molar-refractivity contribution in [3.05, 3.63) is 0 Å². The predicted octanol–water partition coefficient (Wildman–Crippen LogP) is 5.32. The first-order chi connectivity index (χ1) is 7.22. The minimum absolute atomic E-state index is 0. The molecule has 0 aliphatic rings. The summed E-state index contributed by atoms with van der Waals surface area (Å²) in [6.45, 7) is 11.0. The zero-order valence-electron chi connectivity index (χ0n) is 11.7. The summed E-state index contributed by atoms with van der Waals surface area (Å²) in [6.07, 6.45) is 4.34. The molecule has 17 heavy (non-hydrogen) atoms. The Morgan fingerprint density at radius 3 is 2.29 bits per heavy atom. The highest BCUT2D eigenvalue weighted by molar-refractivity contribution is 8.69. The molecule has 0 aliphatic heterocycles. The van der Waals surface area contributed by atoms with E-state index in [-0.39, 0.29) is 17.8 Å². The van der Waals surface area contributed by atoms with Crippen LogP contribution in [0.25, 0.3) is 0 Å². The molecule has 106 valence electrons. The van der Waals surface area contributed by atoms with E-state index in [0.29, 0.717) is 5.92 Å². The summed E-state index contributed by atoms with van der Waals surface area (Å²) in [5.74, 6) is 1.69. The van der Waals surface area contributed by atoms with Gasteiger partial charge in [0.05, 0.1) is 0 Å². The van der Waals surface area contributed by atoms with Crippen LogP contribution in [0.4, 0.5) is 0 Å². The van der Waals surface area contributed by atoms with Gasteiger partial charge >= 0.3 is 0 Å². The molecule has 0 saturated heterocycles. The van der Waals surface area contributed by atoms with Crippen molar-refractivity contribution in [2.45, 2.75) is 53.9 Å². The number of hydrogen-bond acceptors (Lipinski definition) is 2. The fourth-order valence-corrected chi connectivity index (χ4v) is 7.95. The lowest BCUT2D eigenvalue weighted by Crippen LogP contribution is -2.15. The minimum Gasteiger partial charge on any atom is -0.357 e. The molecule has 5 heteroatoms. The van der Waals surface area contributed by atoms with Crippen molar-refractivity contribution < 1.29 is 4.89 Å². The molecule has 0 aromatic carbocycles. The van der Waals surface area contributed by atoms with Gasteiger partial charge in [-0.2, -0.15) is 0 Å². The lowest BCUT2D eigenvalue weighted by Gasteiger charge is -2.28. The summed E-state index contributed by atoms with van der Waals surface area (Å²) < 4.78 is 0. The normalized spacial score (nSPS) is 17.1. The van der Waals surface area contributed by atoms with E-state index in [2.05, 4.69) is 34.6 Å². The predicted molar refractivity (Wildman–Crippen MR) is 89.2 cm³/mol. The second-order valence-corrected chi connectivity index (χ2v) is 12.8. The van der Waals surface area contributed by atoms with Crippen molar-refractivity contribution in [2.75, 3.05) is 11.9 Å². The second-order valence-electron chi connectivity index (χ2n) is 5.50. The van der Waals surface area contributed by atoms with Gasteiger partial charge in [-0.3, -0.25) is 0 Å². The standard InChI is InChI=1S/C12H27OPS2.ClH/c1-6-8-11(3)9-16-14(13,15)10-12(4,5)7-2;/h11H,6-10H2,1-5H3,(H,13,15);1H. The Kier molecular flexibility index (Phi) is 11.1. The third-order valence-corrected chi connectivity index (χ3v) is 8.69. The zero-order valence-corrected chi connectivity index (χ0v) is 15.1. The van der Waals surface area contributed by atoms with E-state index in [4.69, 9.17) is 11.8 Å². The fraction of sp³-hybridized carbons (Fsp3) is 1.00. The fourth-order valence-electron chi connectivity index (χ4n) is 1.52.